The van der Waals surface area contributed by atoms with Crippen molar-refractivity contribution in [2.45, 2.75) is 13.8 Å². The van der Waals surface area contributed by atoms with Crippen LogP contribution in [0.4, 0.5) is 5.82 Å². The monoisotopic (exact) mass is 441 g/mol. The summed E-state index contributed by atoms with van der Waals surface area (Å²) in [7, 11) is 0. The molecule has 0 fully saturated rings. The van der Waals surface area contributed by atoms with Crippen molar-refractivity contribution < 1.29 is 0 Å². The highest BCUT2D eigenvalue weighted by atomic mass is 127. The van der Waals surface area contributed by atoms with Gasteiger partial charge in [-0.2, -0.15) is 5.10 Å². The van der Waals surface area contributed by atoms with Crippen LogP contribution in [0, 0.1) is 17.4 Å². The van der Waals surface area contributed by atoms with E-state index in [9.17, 15) is 0 Å². The van der Waals surface area contributed by atoms with Crippen molar-refractivity contribution in [3.8, 4) is 0 Å². The van der Waals surface area contributed by atoms with Crippen molar-refractivity contribution in [2.24, 2.45) is 5.10 Å². The number of aromatic nitrogens is 3. The number of hydrogen-bond donors (Lipinski definition) is 1. The van der Waals surface area contributed by atoms with E-state index >= 15 is 0 Å². The lowest BCUT2D eigenvalue weighted by molar-refractivity contribution is 1.15. The maximum absolute atomic E-state index is 4.61. The van der Waals surface area contributed by atoms with Crippen molar-refractivity contribution in [2.75, 3.05) is 5.43 Å². The number of anilines is 1. The van der Waals surface area contributed by atoms with Crippen molar-refractivity contribution in [3.05, 3.63) is 69.2 Å². The molecular weight excluding hydrogens is 425 g/mol. The average molecular weight is 441 g/mol. The van der Waals surface area contributed by atoms with Crippen LogP contribution in [0.25, 0.3) is 16.6 Å². The SMILES string of the molecule is Cc1nc2ccc(I)cn2c1/C=N/Nc1cc(C)c2ccccc2n1. The Labute approximate surface area is 158 Å². The van der Waals surface area contributed by atoms with Crippen LogP contribution >= 0.6 is 22.6 Å². The number of rotatable bonds is 3. The molecule has 25 heavy (non-hydrogen) atoms. The summed E-state index contributed by atoms with van der Waals surface area (Å²) in [5.74, 6) is 0.730. The number of nitrogens with zero attached hydrogens (tertiary/aromatic N) is 4. The molecule has 0 aliphatic heterocycles. The Hall–Kier alpha value is -2.48. The molecule has 0 spiro atoms. The van der Waals surface area contributed by atoms with Crippen LogP contribution < -0.4 is 5.43 Å². The second-order valence-corrected chi connectivity index (χ2v) is 7.12. The molecule has 0 aliphatic rings. The molecule has 3 heterocycles. The number of para-hydroxylation sites is 1. The zero-order valence-corrected chi connectivity index (χ0v) is 16.0. The lowest BCUT2D eigenvalue weighted by atomic mass is 10.1. The van der Waals surface area contributed by atoms with Crippen molar-refractivity contribution >= 4 is 51.2 Å². The molecule has 0 atom stereocenters. The molecule has 0 amide bonds. The fourth-order valence-electron chi connectivity index (χ4n) is 2.88. The number of halogens is 1. The van der Waals surface area contributed by atoms with E-state index < -0.39 is 0 Å². The number of hydrazone groups is 1. The number of hydrogen-bond acceptors (Lipinski definition) is 4. The Morgan fingerprint density at radius 1 is 1.12 bits per heavy atom. The van der Waals surface area contributed by atoms with E-state index in [-0.39, 0.29) is 0 Å². The van der Waals surface area contributed by atoms with Crippen LogP contribution in [0.3, 0.4) is 0 Å². The highest BCUT2D eigenvalue weighted by Gasteiger charge is 2.07. The molecule has 0 aliphatic carbocycles. The summed E-state index contributed by atoms with van der Waals surface area (Å²) < 4.78 is 3.19. The number of aryl methyl sites for hydroxylation is 2. The third-order valence-electron chi connectivity index (χ3n) is 4.09. The maximum Gasteiger partial charge on any atom is 0.147 e. The number of fused-ring (bicyclic) bond motifs is 2. The average Bonchev–Trinajstić information content (AvgIpc) is 2.90. The zero-order valence-electron chi connectivity index (χ0n) is 13.9. The third-order valence-corrected chi connectivity index (χ3v) is 4.73. The summed E-state index contributed by atoms with van der Waals surface area (Å²) in [6.45, 7) is 4.06. The molecule has 0 saturated heterocycles. The summed E-state index contributed by atoms with van der Waals surface area (Å²) in [6, 6.07) is 14.2. The summed E-state index contributed by atoms with van der Waals surface area (Å²) in [6.07, 6.45) is 3.84. The Bertz CT molecular complexity index is 1110. The fourth-order valence-corrected chi connectivity index (χ4v) is 3.33. The van der Waals surface area contributed by atoms with E-state index in [4.69, 9.17) is 0 Å². The van der Waals surface area contributed by atoms with Gasteiger partial charge in [-0.1, -0.05) is 18.2 Å². The minimum absolute atomic E-state index is 0.730. The van der Waals surface area contributed by atoms with Crippen LogP contribution in [0.5, 0.6) is 0 Å². The van der Waals surface area contributed by atoms with Gasteiger partial charge in [0.15, 0.2) is 0 Å². The largest absolute Gasteiger partial charge is 0.297 e. The van der Waals surface area contributed by atoms with Gasteiger partial charge in [0, 0.05) is 15.2 Å². The van der Waals surface area contributed by atoms with Gasteiger partial charge in [0.25, 0.3) is 0 Å². The third kappa shape index (κ3) is 3.09. The van der Waals surface area contributed by atoms with E-state index in [1.54, 1.807) is 6.21 Å². The summed E-state index contributed by atoms with van der Waals surface area (Å²) in [4.78, 5) is 9.17. The lowest BCUT2D eigenvalue weighted by Crippen LogP contribution is -1.98. The minimum Gasteiger partial charge on any atom is -0.297 e. The predicted octanol–water partition coefficient (Wildman–Crippen LogP) is 4.55. The topological polar surface area (TPSA) is 54.6 Å². The van der Waals surface area contributed by atoms with Crippen molar-refractivity contribution in [1.82, 2.24) is 14.4 Å². The Balaban J connectivity index is 1.65. The smallest absolute Gasteiger partial charge is 0.147 e. The fraction of sp³-hybridized carbons (Fsp3) is 0.105. The van der Waals surface area contributed by atoms with Gasteiger partial charge in [0.1, 0.15) is 11.5 Å². The minimum atomic E-state index is 0.730. The van der Waals surface area contributed by atoms with Gasteiger partial charge in [-0.25, -0.2) is 9.97 Å². The predicted molar refractivity (Wildman–Crippen MR) is 110 cm³/mol. The highest BCUT2D eigenvalue weighted by Crippen LogP contribution is 2.20. The second-order valence-electron chi connectivity index (χ2n) is 5.87. The van der Waals surface area contributed by atoms with Gasteiger partial charge >= 0.3 is 0 Å². The molecule has 124 valence electrons. The highest BCUT2D eigenvalue weighted by molar-refractivity contribution is 14.1. The first-order chi connectivity index (χ1) is 12.1. The number of imidazole rings is 1. The molecule has 3 aromatic heterocycles. The normalized spacial score (nSPS) is 11.6. The molecule has 4 rings (SSSR count). The first kappa shape index (κ1) is 16.0. The van der Waals surface area contributed by atoms with E-state index in [1.807, 2.05) is 47.7 Å². The molecule has 0 unspecified atom stereocenters. The molecular formula is C19H16IN5. The molecule has 1 aromatic carbocycles. The molecule has 6 heteroatoms. The quantitative estimate of drug-likeness (QED) is 0.288. The van der Waals surface area contributed by atoms with Gasteiger partial charge in [-0.3, -0.25) is 9.83 Å². The first-order valence-electron chi connectivity index (χ1n) is 7.91. The van der Waals surface area contributed by atoms with Crippen LogP contribution in [-0.2, 0) is 0 Å². The van der Waals surface area contributed by atoms with Crippen LogP contribution in [0.1, 0.15) is 17.0 Å². The standard InChI is InChI=1S/C19H16IN5/c1-12-9-18(23-16-6-4-3-5-15(12)16)24-21-10-17-13(2)22-19-8-7-14(20)11-25(17)19/h3-11H,1-2H3,(H,23,24)/b21-10+. The molecule has 1 N–H and O–H groups in total. The Morgan fingerprint density at radius 2 is 1.96 bits per heavy atom. The van der Waals surface area contributed by atoms with Gasteiger partial charge in [-0.05, 0) is 66.3 Å². The van der Waals surface area contributed by atoms with Gasteiger partial charge in [0.2, 0.25) is 0 Å². The molecule has 0 saturated carbocycles. The Morgan fingerprint density at radius 3 is 2.84 bits per heavy atom. The van der Waals surface area contributed by atoms with Crippen LogP contribution in [0.15, 0.2) is 53.8 Å². The van der Waals surface area contributed by atoms with E-state index in [2.05, 4.69) is 62.3 Å². The van der Waals surface area contributed by atoms with Crippen molar-refractivity contribution in [1.29, 1.82) is 0 Å². The molecule has 0 radical (unpaired) electrons. The number of nitrogens with one attached hydrogen (secondary N) is 1. The number of pyridine rings is 2. The lowest BCUT2D eigenvalue weighted by Gasteiger charge is -2.05. The molecule has 0 bridgehead atoms. The summed E-state index contributed by atoms with van der Waals surface area (Å²) in [5.41, 5.74) is 7.98. The van der Waals surface area contributed by atoms with E-state index in [1.165, 1.54) is 5.56 Å². The summed E-state index contributed by atoms with van der Waals surface area (Å²) in [5, 5.41) is 5.53. The van der Waals surface area contributed by atoms with Gasteiger partial charge in [-0.15, -0.1) is 0 Å². The molecule has 4 aromatic rings. The van der Waals surface area contributed by atoms with E-state index in [0.717, 1.165) is 37.3 Å². The summed E-state index contributed by atoms with van der Waals surface area (Å²) >= 11 is 2.29. The van der Waals surface area contributed by atoms with Crippen molar-refractivity contribution in [3.63, 3.8) is 0 Å². The van der Waals surface area contributed by atoms with Crippen LogP contribution in [0.2, 0.25) is 0 Å². The van der Waals surface area contributed by atoms with Crippen LogP contribution in [-0.4, -0.2) is 20.6 Å². The van der Waals surface area contributed by atoms with Gasteiger partial charge in [0.05, 0.1) is 23.1 Å². The zero-order chi connectivity index (χ0) is 17.4. The van der Waals surface area contributed by atoms with E-state index in [0.29, 0.717) is 0 Å². The maximum atomic E-state index is 4.61. The number of benzene rings is 1. The second kappa shape index (κ2) is 6.44. The first-order valence-corrected chi connectivity index (χ1v) is 8.99. The Kier molecular flexibility index (Phi) is 4.12. The molecule has 5 nitrogen and oxygen atoms in total. The van der Waals surface area contributed by atoms with Gasteiger partial charge < -0.3 is 0 Å².